The van der Waals surface area contributed by atoms with Crippen LogP contribution in [0, 0.1) is 0 Å². The summed E-state index contributed by atoms with van der Waals surface area (Å²) in [5.41, 5.74) is 0.368. The van der Waals surface area contributed by atoms with E-state index in [-0.39, 0.29) is 0 Å². The van der Waals surface area contributed by atoms with E-state index in [9.17, 15) is 0 Å². The summed E-state index contributed by atoms with van der Waals surface area (Å²) in [5, 5.41) is 22.3. The molecule has 1 aromatic heterocycles. The average Bonchev–Trinajstić information content (AvgIpc) is 2.82. The van der Waals surface area contributed by atoms with Crippen molar-refractivity contribution in [1.82, 2.24) is 9.78 Å². The highest BCUT2D eigenvalue weighted by Crippen LogP contribution is 2.06. The average molecular weight is 232 g/mol. The maximum absolute atomic E-state index is 9.15. The molecule has 0 aliphatic rings. The smallest absolute Gasteiger partial charge is 0.492 e. The van der Waals surface area contributed by atoms with Crippen molar-refractivity contribution in [2.75, 3.05) is 6.61 Å². The molecule has 0 amide bonds. The molecule has 2 rings (SSSR count). The largest absolute Gasteiger partial charge is 0.492 e. The van der Waals surface area contributed by atoms with Gasteiger partial charge in [-0.25, -0.2) is 0 Å². The van der Waals surface area contributed by atoms with Gasteiger partial charge in [0.25, 0.3) is 0 Å². The highest BCUT2D eigenvalue weighted by Gasteiger charge is 2.15. The van der Waals surface area contributed by atoms with Gasteiger partial charge in [0.15, 0.2) is 0 Å². The van der Waals surface area contributed by atoms with Gasteiger partial charge in [-0.2, -0.15) is 5.10 Å². The Morgan fingerprint density at radius 2 is 2.06 bits per heavy atom. The first-order valence-electron chi connectivity index (χ1n) is 5.32. The van der Waals surface area contributed by atoms with Gasteiger partial charge in [-0.15, -0.1) is 0 Å². The van der Waals surface area contributed by atoms with E-state index in [0.29, 0.717) is 24.4 Å². The lowest BCUT2D eigenvalue weighted by molar-refractivity contribution is 0.292. The van der Waals surface area contributed by atoms with E-state index in [1.807, 2.05) is 12.3 Å². The van der Waals surface area contributed by atoms with Crippen molar-refractivity contribution < 1.29 is 14.8 Å². The highest BCUT2D eigenvalue weighted by molar-refractivity contribution is 6.59. The van der Waals surface area contributed by atoms with Crippen LogP contribution in [-0.4, -0.2) is 33.6 Å². The standard InChI is InChI=1S/C11H13BN2O3/c15-12(16)10-4-1-2-5-11(10)17-9-8-14-7-3-6-13-14/h1-7,15-16H,8-9H2. The Kier molecular flexibility index (Phi) is 3.79. The Morgan fingerprint density at radius 3 is 2.76 bits per heavy atom. The number of hydrogen-bond donors (Lipinski definition) is 2. The van der Waals surface area contributed by atoms with Crippen LogP contribution < -0.4 is 10.2 Å². The minimum atomic E-state index is -1.52. The van der Waals surface area contributed by atoms with Crippen LogP contribution in [0.1, 0.15) is 0 Å². The summed E-state index contributed by atoms with van der Waals surface area (Å²) in [6, 6.07) is 8.68. The van der Waals surface area contributed by atoms with Gasteiger partial charge in [-0.3, -0.25) is 4.68 Å². The van der Waals surface area contributed by atoms with Crippen molar-refractivity contribution in [3.05, 3.63) is 42.7 Å². The lowest BCUT2D eigenvalue weighted by Crippen LogP contribution is -2.31. The van der Waals surface area contributed by atoms with Crippen LogP contribution in [0.4, 0.5) is 0 Å². The Hall–Kier alpha value is -1.79. The molecule has 5 nitrogen and oxygen atoms in total. The van der Waals surface area contributed by atoms with Crippen molar-refractivity contribution in [2.45, 2.75) is 6.54 Å². The third-order valence-electron chi connectivity index (χ3n) is 2.33. The summed E-state index contributed by atoms with van der Waals surface area (Å²) in [6.07, 6.45) is 3.54. The van der Waals surface area contributed by atoms with Gasteiger partial charge < -0.3 is 14.8 Å². The molecule has 0 fully saturated rings. The molecule has 0 saturated carbocycles. The topological polar surface area (TPSA) is 67.5 Å². The molecule has 0 atom stereocenters. The highest BCUT2D eigenvalue weighted by atomic mass is 16.5. The van der Waals surface area contributed by atoms with E-state index in [2.05, 4.69) is 5.10 Å². The van der Waals surface area contributed by atoms with Crippen molar-refractivity contribution in [1.29, 1.82) is 0 Å². The van der Waals surface area contributed by atoms with Crippen molar-refractivity contribution in [3.63, 3.8) is 0 Å². The molecule has 0 bridgehead atoms. The zero-order valence-electron chi connectivity index (χ0n) is 9.23. The fourth-order valence-corrected chi connectivity index (χ4v) is 1.51. The van der Waals surface area contributed by atoms with Gasteiger partial charge in [0, 0.05) is 17.9 Å². The van der Waals surface area contributed by atoms with Gasteiger partial charge in [-0.05, 0) is 12.1 Å². The number of nitrogens with zero attached hydrogens (tertiary/aromatic N) is 2. The molecule has 0 spiro atoms. The lowest BCUT2D eigenvalue weighted by atomic mass is 9.79. The van der Waals surface area contributed by atoms with Crippen LogP contribution in [-0.2, 0) is 6.54 Å². The fourth-order valence-electron chi connectivity index (χ4n) is 1.51. The second-order valence-electron chi connectivity index (χ2n) is 3.53. The predicted molar refractivity (Wildman–Crippen MR) is 64.0 cm³/mol. The molecular weight excluding hydrogens is 219 g/mol. The van der Waals surface area contributed by atoms with Gasteiger partial charge >= 0.3 is 7.12 Å². The van der Waals surface area contributed by atoms with E-state index in [4.69, 9.17) is 14.8 Å². The summed E-state index contributed by atoms with van der Waals surface area (Å²) < 4.78 is 7.24. The lowest BCUT2D eigenvalue weighted by Gasteiger charge is -2.10. The fraction of sp³-hybridized carbons (Fsp3) is 0.182. The number of para-hydroxylation sites is 1. The Bertz CT molecular complexity index is 459. The third kappa shape index (κ3) is 3.09. The quantitative estimate of drug-likeness (QED) is 0.691. The van der Waals surface area contributed by atoms with E-state index < -0.39 is 7.12 Å². The molecule has 0 aliphatic heterocycles. The van der Waals surface area contributed by atoms with Gasteiger partial charge in [0.1, 0.15) is 12.4 Å². The van der Waals surface area contributed by atoms with Crippen LogP contribution in [0.25, 0.3) is 0 Å². The van der Waals surface area contributed by atoms with Crippen LogP contribution in [0.3, 0.4) is 0 Å². The van der Waals surface area contributed by atoms with Crippen LogP contribution >= 0.6 is 0 Å². The zero-order chi connectivity index (χ0) is 12.1. The Morgan fingerprint density at radius 1 is 1.24 bits per heavy atom. The van der Waals surface area contributed by atoms with Gasteiger partial charge in [0.2, 0.25) is 0 Å². The number of aromatic nitrogens is 2. The molecule has 6 heteroatoms. The number of rotatable bonds is 5. The number of ether oxygens (including phenoxy) is 1. The molecule has 88 valence electrons. The monoisotopic (exact) mass is 232 g/mol. The second kappa shape index (κ2) is 5.52. The van der Waals surface area contributed by atoms with E-state index >= 15 is 0 Å². The zero-order valence-corrected chi connectivity index (χ0v) is 9.23. The van der Waals surface area contributed by atoms with Crippen LogP contribution in [0.2, 0.25) is 0 Å². The Balaban J connectivity index is 1.94. The minimum Gasteiger partial charge on any atom is -0.492 e. The summed E-state index contributed by atoms with van der Waals surface area (Å²) in [6.45, 7) is 1.04. The normalized spacial score (nSPS) is 10.2. The summed E-state index contributed by atoms with van der Waals surface area (Å²) >= 11 is 0. The summed E-state index contributed by atoms with van der Waals surface area (Å²) in [4.78, 5) is 0. The van der Waals surface area contributed by atoms with Gasteiger partial charge in [-0.1, -0.05) is 18.2 Å². The maximum Gasteiger partial charge on any atom is 0.492 e. The first kappa shape index (κ1) is 11.7. The van der Waals surface area contributed by atoms with Crippen molar-refractivity contribution in [2.24, 2.45) is 0 Å². The molecule has 0 radical (unpaired) electrons. The SMILES string of the molecule is OB(O)c1ccccc1OCCn1cccn1. The number of benzene rings is 1. The number of hydrogen-bond acceptors (Lipinski definition) is 4. The Labute approximate surface area is 99.4 Å². The molecule has 0 unspecified atom stereocenters. The third-order valence-corrected chi connectivity index (χ3v) is 2.33. The van der Waals surface area contributed by atoms with E-state index in [0.717, 1.165) is 0 Å². The summed E-state index contributed by atoms with van der Waals surface area (Å²) in [5.74, 6) is 0.481. The second-order valence-corrected chi connectivity index (χ2v) is 3.53. The van der Waals surface area contributed by atoms with Crippen molar-refractivity contribution in [3.8, 4) is 5.75 Å². The molecule has 1 heterocycles. The first-order chi connectivity index (χ1) is 8.27. The molecule has 2 N–H and O–H groups in total. The molecule has 2 aromatic rings. The molecule has 1 aromatic carbocycles. The summed E-state index contributed by atoms with van der Waals surface area (Å²) in [7, 11) is -1.52. The molecule has 17 heavy (non-hydrogen) atoms. The van der Waals surface area contributed by atoms with Crippen LogP contribution in [0.15, 0.2) is 42.7 Å². The molecular formula is C11H13BN2O3. The first-order valence-corrected chi connectivity index (χ1v) is 5.32. The van der Waals surface area contributed by atoms with Crippen LogP contribution in [0.5, 0.6) is 5.75 Å². The molecule has 0 aliphatic carbocycles. The minimum absolute atomic E-state index is 0.368. The maximum atomic E-state index is 9.15. The van der Waals surface area contributed by atoms with E-state index in [1.54, 1.807) is 35.1 Å². The van der Waals surface area contributed by atoms with Crippen molar-refractivity contribution >= 4 is 12.6 Å². The molecule has 0 saturated heterocycles. The predicted octanol–water partition coefficient (Wildman–Crippen LogP) is -0.358. The van der Waals surface area contributed by atoms with E-state index in [1.165, 1.54) is 0 Å². The van der Waals surface area contributed by atoms with Gasteiger partial charge in [0.05, 0.1) is 6.54 Å².